The molecule has 3 aliphatic carbocycles. The van der Waals surface area contributed by atoms with Gasteiger partial charge in [0.2, 0.25) is 0 Å². The molecule has 0 spiro atoms. The quantitative estimate of drug-likeness (QED) is 0.174. The van der Waals surface area contributed by atoms with Gasteiger partial charge in [-0.15, -0.1) is 0 Å². The summed E-state index contributed by atoms with van der Waals surface area (Å²) in [5.74, 6) is 0. The van der Waals surface area contributed by atoms with Crippen molar-refractivity contribution in [2.45, 2.75) is 129 Å². The zero-order valence-corrected chi connectivity index (χ0v) is 42.6. The summed E-state index contributed by atoms with van der Waals surface area (Å²) in [6.07, 6.45) is 4.66. The highest BCUT2D eigenvalue weighted by molar-refractivity contribution is 6.73. The van der Waals surface area contributed by atoms with Crippen molar-refractivity contribution >= 4 is 62.2 Å². The van der Waals surface area contributed by atoms with Crippen LogP contribution in [0.4, 0.5) is 11.4 Å². The summed E-state index contributed by atoms with van der Waals surface area (Å²) in [4.78, 5) is 0. The van der Waals surface area contributed by atoms with Crippen LogP contribution in [0, 0.1) is 6.92 Å². The molecule has 9 aromatic rings. The number of aryl methyl sites for hydroxylation is 1. The fourth-order valence-electron chi connectivity index (χ4n) is 13.5. The van der Waals surface area contributed by atoms with Crippen LogP contribution in [0.15, 0.2) is 133 Å². The highest BCUT2D eigenvalue weighted by atomic mass is 15.0. The highest BCUT2D eigenvalue weighted by Crippen LogP contribution is 2.54. The smallest absolute Gasteiger partial charge is 0.197 e. The van der Waals surface area contributed by atoms with Crippen LogP contribution in [0.5, 0.6) is 0 Å². The van der Waals surface area contributed by atoms with E-state index >= 15 is 0 Å². The predicted molar refractivity (Wildman–Crippen MR) is 297 cm³/mol. The average molecular weight is 896 g/mol. The highest BCUT2D eigenvalue weighted by Gasteiger charge is 2.42. The number of nitrogens with one attached hydrogen (secondary N) is 1. The zero-order valence-electron chi connectivity index (χ0n) is 42.6. The summed E-state index contributed by atoms with van der Waals surface area (Å²) in [5, 5.41) is 9.23. The minimum Gasteiger partial charge on any atom is -0.355 e. The van der Waals surface area contributed by atoms with Crippen LogP contribution in [0.3, 0.4) is 0 Å². The molecule has 69 heavy (non-hydrogen) atoms. The fraction of sp³-hybridized carbons (Fsp3) is 0.303. The Kier molecular flexibility index (Phi) is 8.77. The molecule has 0 bridgehead atoms. The number of hydrogen-bond acceptors (Lipinski definition) is 1. The molecule has 0 saturated heterocycles. The van der Waals surface area contributed by atoms with Gasteiger partial charge in [-0.1, -0.05) is 159 Å². The Labute approximate surface area is 410 Å². The van der Waals surface area contributed by atoms with Crippen LogP contribution in [0.25, 0.3) is 71.6 Å². The molecule has 341 valence electrons. The second-order valence-corrected chi connectivity index (χ2v) is 24.7. The van der Waals surface area contributed by atoms with Gasteiger partial charge in [0.05, 0.1) is 5.52 Å². The lowest BCUT2D eigenvalue weighted by atomic mass is 9.55. The lowest BCUT2D eigenvalue weighted by Crippen LogP contribution is -2.41. The number of benzene rings is 8. The van der Waals surface area contributed by atoms with Gasteiger partial charge in [-0.3, -0.25) is 0 Å². The maximum Gasteiger partial charge on any atom is 0.197 e. The van der Waals surface area contributed by atoms with Gasteiger partial charge in [0.15, 0.2) is 7.28 Å². The van der Waals surface area contributed by atoms with Crippen molar-refractivity contribution in [1.82, 2.24) is 4.57 Å². The van der Waals surface area contributed by atoms with E-state index in [1.54, 1.807) is 0 Å². The van der Waals surface area contributed by atoms with E-state index in [4.69, 9.17) is 0 Å². The summed E-state index contributed by atoms with van der Waals surface area (Å²) in [6, 6.07) is 52.3. The van der Waals surface area contributed by atoms with Crippen molar-refractivity contribution in [2.75, 3.05) is 5.32 Å². The molecule has 1 N–H and O–H groups in total. The molecule has 1 radical (unpaired) electrons. The predicted octanol–water partition coefficient (Wildman–Crippen LogP) is 16.3. The van der Waals surface area contributed by atoms with E-state index in [1.165, 1.54) is 134 Å². The molecule has 1 aromatic heterocycles. The molecule has 0 saturated carbocycles. The molecule has 0 unspecified atom stereocenters. The monoisotopic (exact) mass is 896 g/mol. The maximum absolute atomic E-state index is 4.07. The molecule has 0 atom stereocenters. The van der Waals surface area contributed by atoms with Gasteiger partial charge in [0, 0.05) is 44.3 Å². The van der Waals surface area contributed by atoms with Crippen molar-refractivity contribution in [3.8, 4) is 39.1 Å². The Morgan fingerprint density at radius 3 is 1.77 bits per heavy atom. The number of rotatable bonds is 4. The molecule has 0 fully saturated rings. The van der Waals surface area contributed by atoms with Gasteiger partial charge >= 0.3 is 0 Å². The van der Waals surface area contributed by atoms with Gasteiger partial charge < -0.3 is 9.88 Å². The number of nitrogens with zero attached hydrogens (tertiary/aromatic N) is 1. The summed E-state index contributed by atoms with van der Waals surface area (Å²) in [5.41, 5.74) is 26.6. The van der Waals surface area contributed by atoms with E-state index in [1.807, 2.05) is 0 Å². The minimum absolute atomic E-state index is 0.0229. The largest absolute Gasteiger partial charge is 0.355 e. The van der Waals surface area contributed by atoms with E-state index in [0.717, 1.165) is 24.2 Å². The van der Waals surface area contributed by atoms with E-state index in [-0.39, 0.29) is 27.1 Å². The van der Waals surface area contributed by atoms with E-state index in [0.29, 0.717) is 0 Å². The first-order chi connectivity index (χ1) is 32.8. The molecule has 0 amide bonds. The Hall–Kier alpha value is -6.32. The lowest BCUT2D eigenvalue weighted by molar-refractivity contribution is 0.332. The fourth-order valence-corrected chi connectivity index (χ4v) is 13.5. The van der Waals surface area contributed by atoms with Gasteiger partial charge in [-0.25, -0.2) is 0 Å². The Morgan fingerprint density at radius 1 is 0.478 bits per heavy atom. The van der Waals surface area contributed by atoms with Gasteiger partial charge in [0.25, 0.3) is 0 Å². The molecule has 13 rings (SSSR count). The van der Waals surface area contributed by atoms with E-state index in [9.17, 15) is 0 Å². The number of hydrogen-bond donors (Lipinski definition) is 1. The molecule has 8 aromatic carbocycles. The van der Waals surface area contributed by atoms with E-state index < -0.39 is 0 Å². The first-order valence-electron chi connectivity index (χ1n) is 25.7. The summed E-state index contributed by atoms with van der Waals surface area (Å²) in [6.45, 7) is 26.7. The van der Waals surface area contributed by atoms with Crippen molar-refractivity contribution < 1.29 is 0 Å². The molecule has 2 nitrogen and oxygen atoms in total. The molecule has 4 aliphatic rings. The Morgan fingerprint density at radius 2 is 1.07 bits per heavy atom. The topological polar surface area (TPSA) is 17.0 Å². The third-order valence-corrected chi connectivity index (χ3v) is 18.0. The van der Waals surface area contributed by atoms with Crippen molar-refractivity contribution in [3.63, 3.8) is 0 Å². The molecule has 1 aliphatic heterocycles. The first-order valence-corrected chi connectivity index (χ1v) is 25.7. The number of anilines is 2. The Balaban J connectivity index is 1.20. The molecular weight excluding hydrogens is 832 g/mol. The van der Waals surface area contributed by atoms with Gasteiger partial charge in [0.1, 0.15) is 0 Å². The summed E-state index contributed by atoms with van der Waals surface area (Å²) >= 11 is 0. The van der Waals surface area contributed by atoms with Gasteiger partial charge in [-0.2, -0.15) is 0 Å². The lowest BCUT2D eigenvalue weighted by Gasteiger charge is -2.43. The third kappa shape index (κ3) is 6.17. The van der Waals surface area contributed by atoms with Crippen LogP contribution in [-0.4, -0.2) is 11.8 Å². The standard InChI is InChI=1S/C66H64BN2/c1-38-20-23-42(24-21-38)68-56-36-53-51(62(2,3)26-28-64(53,6)7)34-46(56)47-33-44(41-22-25-50-45(31-41)43-18-14-15-19-49(43)66(50,10)11)59-48-30-39-16-12-13-17-40(39)32-57(48)69-58-37-54-52(35-55(58)67-60(47)61(59)69)63(4,5)27-29-65(54,8)9/h12-25,30-37,68H,26-29H2,1-11H3. The molecule has 3 heteroatoms. The zero-order chi connectivity index (χ0) is 47.7. The molecule has 2 heterocycles. The second-order valence-electron chi connectivity index (χ2n) is 24.7. The second kappa shape index (κ2) is 14.2. The first kappa shape index (κ1) is 42.8. The molecular formula is C66H64BN2. The van der Waals surface area contributed by atoms with Crippen LogP contribution >= 0.6 is 0 Å². The Bertz CT molecular complexity index is 3700. The van der Waals surface area contributed by atoms with Crippen molar-refractivity contribution in [2.24, 2.45) is 0 Å². The SMILES string of the molecule is Cc1ccc(Nc2cc3c(cc2-c2cc(-c4ccc5c(c4)-c4ccccc4C5(C)C)c4c5cc6ccccc6cc5n5c4c2[B]c2cc4c(cc2-5)C(C)(C)CCC4(C)C)C(C)(C)CCC3(C)C)cc1. The minimum atomic E-state index is -0.0784. The normalized spacial score (nSPS) is 18.2. The van der Waals surface area contributed by atoms with Crippen LogP contribution in [-0.2, 0) is 27.1 Å². The number of aromatic nitrogens is 1. The summed E-state index contributed by atoms with van der Waals surface area (Å²) in [7, 11) is 2.58. The van der Waals surface area contributed by atoms with Gasteiger partial charge in [-0.05, 0) is 186 Å². The van der Waals surface area contributed by atoms with E-state index in [2.05, 4.69) is 227 Å². The van der Waals surface area contributed by atoms with Crippen molar-refractivity contribution in [3.05, 3.63) is 172 Å². The average Bonchev–Trinajstić information content (AvgIpc) is 3.77. The number of fused-ring (bicyclic) bond motifs is 11. The van der Waals surface area contributed by atoms with Crippen molar-refractivity contribution in [1.29, 1.82) is 0 Å². The third-order valence-electron chi connectivity index (χ3n) is 18.0. The van der Waals surface area contributed by atoms with Crippen LogP contribution in [0.1, 0.15) is 134 Å². The summed E-state index contributed by atoms with van der Waals surface area (Å²) < 4.78 is 2.69. The van der Waals surface area contributed by atoms with Crippen LogP contribution < -0.4 is 16.2 Å². The maximum atomic E-state index is 4.07. The van der Waals surface area contributed by atoms with Crippen LogP contribution in [0.2, 0.25) is 0 Å².